The number of carbonyl (C=O) groups is 2. The predicted molar refractivity (Wildman–Crippen MR) is 91.7 cm³/mol. The molecule has 0 aliphatic heterocycles. The summed E-state index contributed by atoms with van der Waals surface area (Å²) in [7, 11) is 0. The zero-order chi connectivity index (χ0) is 18.0. The van der Waals surface area contributed by atoms with E-state index in [1.165, 1.54) is 25.3 Å². The molecule has 3 rings (SSSR count). The van der Waals surface area contributed by atoms with E-state index < -0.39 is 18.0 Å². The van der Waals surface area contributed by atoms with Crippen LogP contribution in [0.2, 0.25) is 5.02 Å². The van der Waals surface area contributed by atoms with Crippen molar-refractivity contribution in [1.82, 2.24) is 15.0 Å². The number of fused-ring (bicyclic) bond motifs is 1. The largest absolute Gasteiger partial charge is 0.448 e. The summed E-state index contributed by atoms with van der Waals surface area (Å²) in [5.41, 5.74) is 1.30. The third kappa shape index (κ3) is 3.86. The van der Waals surface area contributed by atoms with Gasteiger partial charge >= 0.3 is 11.7 Å². The highest BCUT2D eigenvalue weighted by molar-refractivity contribution is 6.30. The summed E-state index contributed by atoms with van der Waals surface area (Å²) in [6.45, 7) is 1.44. The molecule has 9 heteroatoms. The van der Waals surface area contributed by atoms with E-state index in [4.69, 9.17) is 16.3 Å². The SMILES string of the molecule is C[C@H](OC(=O)c1cc(Cl)ccn1)C(=O)Nc1ccc2[nH]c(=O)[nH]c2c1. The van der Waals surface area contributed by atoms with Crippen LogP contribution in [0.15, 0.2) is 41.3 Å². The Kier molecular flexibility index (Phi) is 4.53. The second-order valence-corrected chi connectivity index (χ2v) is 5.67. The number of carbonyl (C=O) groups excluding carboxylic acids is 2. The number of rotatable bonds is 4. The van der Waals surface area contributed by atoms with Gasteiger partial charge < -0.3 is 20.0 Å². The lowest BCUT2D eigenvalue weighted by molar-refractivity contribution is -0.123. The average molecular weight is 361 g/mol. The van der Waals surface area contributed by atoms with E-state index in [-0.39, 0.29) is 11.4 Å². The molecule has 0 fully saturated rings. The second-order valence-electron chi connectivity index (χ2n) is 5.24. The summed E-state index contributed by atoms with van der Waals surface area (Å²) in [5.74, 6) is -1.27. The number of hydrogen-bond acceptors (Lipinski definition) is 5. The monoisotopic (exact) mass is 360 g/mol. The first-order valence-corrected chi connectivity index (χ1v) is 7.65. The molecule has 25 heavy (non-hydrogen) atoms. The molecule has 8 nitrogen and oxygen atoms in total. The Morgan fingerprint density at radius 2 is 1.96 bits per heavy atom. The summed E-state index contributed by atoms with van der Waals surface area (Å²) in [6.07, 6.45) is 0.325. The normalized spacial score (nSPS) is 11.9. The Balaban J connectivity index is 1.67. The zero-order valence-corrected chi connectivity index (χ0v) is 13.8. The number of halogens is 1. The van der Waals surface area contributed by atoms with Gasteiger partial charge in [0.2, 0.25) is 0 Å². The minimum Gasteiger partial charge on any atom is -0.448 e. The van der Waals surface area contributed by atoms with Crippen molar-refractivity contribution in [2.45, 2.75) is 13.0 Å². The Bertz CT molecular complexity index is 1010. The molecule has 128 valence electrons. The van der Waals surface area contributed by atoms with E-state index in [1.807, 2.05) is 0 Å². The van der Waals surface area contributed by atoms with Crippen LogP contribution >= 0.6 is 11.6 Å². The molecule has 2 heterocycles. The van der Waals surface area contributed by atoms with E-state index >= 15 is 0 Å². The Morgan fingerprint density at radius 3 is 2.72 bits per heavy atom. The molecule has 1 aromatic carbocycles. The summed E-state index contributed by atoms with van der Waals surface area (Å²) in [6, 6.07) is 7.74. The van der Waals surface area contributed by atoms with E-state index in [0.29, 0.717) is 21.7 Å². The third-order valence-corrected chi connectivity index (χ3v) is 3.60. The fourth-order valence-corrected chi connectivity index (χ4v) is 2.30. The molecule has 2 aromatic heterocycles. The molecule has 0 radical (unpaired) electrons. The molecule has 0 bridgehead atoms. The van der Waals surface area contributed by atoms with Gasteiger partial charge in [0.05, 0.1) is 11.0 Å². The van der Waals surface area contributed by atoms with Gasteiger partial charge in [-0.1, -0.05) is 11.6 Å². The number of benzene rings is 1. The molecule has 1 atom stereocenters. The van der Waals surface area contributed by atoms with Crippen LogP contribution in [0, 0.1) is 0 Å². The van der Waals surface area contributed by atoms with Crippen LogP contribution in [0.4, 0.5) is 5.69 Å². The maximum atomic E-state index is 12.2. The molecule has 0 saturated heterocycles. The topological polar surface area (TPSA) is 117 Å². The van der Waals surface area contributed by atoms with Gasteiger partial charge in [-0.25, -0.2) is 14.6 Å². The minimum atomic E-state index is -1.05. The van der Waals surface area contributed by atoms with Crippen LogP contribution in [0.1, 0.15) is 17.4 Å². The van der Waals surface area contributed by atoms with Gasteiger partial charge in [0.15, 0.2) is 6.10 Å². The quantitative estimate of drug-likeness (QED) is 0.616. The fourth-order valence-electron chi connectivity index (χ4n) is 2.15. The number of anilines is 1. The van der Waals surface area contributed by atoms with Gasteiger partial charge in [0.1, 0.15) is 5.69 Å². The first kappa shape index (κ1) is 16.7. The average Bonchev–Trinajstić information content (AvgIpc) is 2.94. The standard InChI is InChI=1S/C16H13ClN4O4/c1-8(25-15(23)13-6-9(17)4-5-18-13)14(22)19-10-2-3-11-12(7-10)21-16(24)20-11/h2-8H,1H3,(H,19,22)(H2,20,21,24)/t8-/m0/s1. The Labute approximate surface area is 146 Å². The maximum absolute atomic E-state index is 12.2. The van der Waals surface area contributed by atoms with Crippen LogP contribution < -0.4 is 11.0 Å². The van der Waals surface area contributed by atoms with Gasteiger partial charge in [-0.15, -0.1) is 0 Å². The van der Waals surface area contributed by atoms with E-state index in [1.54, 1.807) is 18.2 Å². The molecule has 0 unspecified atom stereocenters. The first-order valence-electron chi connectivity index (χ1n) is 7.28. The van der Waals surface area contributed by atoms with Crippen LogP contribution in [0.25, 0.3) is 11.0 Å². The van der Waals surface area contributed by atoms with Gasteiger partial charge in [0.25, 0.3) is 5.91 Å². The van der Waals surface area contributed by atoms with Crippen molar-refractivity contribution >= 4 is 40.2 Å². The van der Waals surface area contributed by atoms with Crippen molar-refractivity contribution in [3.63, 3.8) is 0 Å². The number of H-pyrrole nitrogens is 2. The predicted octanol–water partition coefficient (Wildman–Crippen LogP) is 2.09. The van der Waals surface area contributed by atoms with E-state index in [9.17, 15) is 14.4 Å². The molecular weight excluding hydrogens is 348 g/mol. The van der Waals surface area contributed by atoms with Crippen molar-refractivity contribution in [3.05, 3.63) is 57.7 Å². The lowest BCUT2D eigenvalue weighted by atomic mass is 10.2. The Morgan fingerprint density at radius 1 is 1.20 bits per heavy atom. The lowest BCUT2D eigenvalue weighted by Crippen LogP contribution is -2.30. The number of aromatic amines is 2. The number of esters is 1. The number of ether oxygens (including phenoxy) is 1. The van der Waals surface area contributed by atoms with Crippen molar-refractivity contribution in [1.29, 1.82) is 0 Å². The molecule has 0 spiro atoms. The molecule has 0 saturated carbocycles. The fraction of sp³-hybridized carbons (Fsp3) is 0.125. The van der Waals surface area contributed by atoms with Crippen molar-refractivity contribution in [3.8, 4) is 0 Å². The van der Waals surface area contributed by atoms with Crippen LogP contribution in [0.5, 0.6) is 0 Å². The van der Waals surface area contributed by atoms with Gasteiger partial charge in [0, 0.05) is 16.9 Å². The number of aromatic nitrogens is 3. The maximum Gasteiger partial charge on any atom is 0.357 e. The number of pyridine rings is 1. The highest BCUT2D eigenvalue weighted by atomic mass is 35.5. The third-order valence-electron chi connectivity index (χ3n) is 3.37. The van der Waals surface area contributed by atoms with E-state index in [2.05, 4.69) is 20.3 Å². The van der Waals surface area contributed by atoms with E-state index in [0.717, 1.165) is 0 Å². The summed E-state index contributed by atoms with van der Waals surface area (Å²) >= 11 is 5.79. The molecular formula is C16H13ClN4O4. The number of imidazole rings is 1. The van der Waals surface area contributed by atoms with Gasteiger partial charge in [-0.3, -0.25) is 4.79 Å². The molecule has 3 N–H and O–H groups in total. The number of hydrogen-bond donors (Lipinski definition) is 3. The number of nitrogens with zero attached hydrogens (tertiary/aromatic N) is 1. The van der Waals surface area contributed by atoms with Gasteiger partial charge in [-0.05, 0) is 37.3 Å². The molecule has 3 aromatic rings. The lowest BCUT2D eigenvalue weighted by Gasteiger charge is -2.13. The summed E-state index contributed by atoms with van der Waals surface area (Å²) in [5, 5.41) is 2.95. The summed E-state index contributed by atoms with van der Waals surface area (Å²) < 4.78 is 5.08. The highest BCUT2D eigenvalue weighted by Crippen LogP contribution is 2.15. The summed E-state index contributed by atoms with van der Waals surface area (Å²) in [4.78, 5) is 44.4. The van der Waals surface area contributed by atoms with Crippen LogP contribution in [0.3, 0.4) is 0 Å². The number of amides is 1. The molecule has 1 amide bonds. The van der Waals surface area contributed by atoms with Crippen molar-refractivity contribution < 1.29 is 14.3 Å². The highest BCUT2D eigenvalue weighted by Gasteiger charge is 2.20. The first-order chi connectivity index (χ1) is 11.9. The molecule has 0 aliphatic rings. The van der Waals surface area contributed by atoms with Crippen LogP contribution in [-0.4, -0.2) is 32.9 Å². The zero-order valence-electron chi connectivity index (χ0n) is 13.0. The van der Waals surface area contributed by atoms with Crippen molar-refractivity contribution in [2.75, 3.05) is 5.32 Å². The smallest absolute Gasteiger partial charge is 0.357 e. The minimum absolute atomic E-state index is 0.0125. The van der Waals surface area contributed by atoms with Gasteiger partial charge in [-0.2, -0.15) is 0 Å². The van der Waals surface area contributed by atoms with Crippen molar-refractivity contribution in [2.24, 2.45) is 0 Å². The second kappa shape index (κ2) is 6.78. The Hall–Kier alpha value is -3.13. The van der Waals surface area contributed by atoms with Crippen LogP contribution in [-0.2, 0) is 9.53 Å². The molecule has 0 aliphatic carbocycles. The number of nitrogens with one attached hydrogen (secondary N) is 3.